The highest BCUT2D eigenvalue weighted by Crippen LogP contribution is 2.38. The SMILES string of the molecule is C1CNC(CCc2noc(C3CC3)n2)C1. The minimum absolute atomic E-state index is 0.579. The van der Waals surface area contributed by atoms with Crippen molar-refractivity contribution in [2.75, 3.05) is 6.54 Å². The van der Waals surface area contributed by atoms with Gasteiger partial charge in [-0.2, -0.15) is 4.98 Å². The molecule has 0 spiro atoms. The number of rotatable bonds is 4. The molecule has 0 bridgehead atoms. The van der Waals surface area contributed by atoms with Crippen molar-refractivity contribution in [1.29, 1.82) is 0 Å². The molecule has 15 heavy (non-hydrogen) atoms. The molecule has 4 nitrogen and oxygen atoms in total. The van der Waals surface area contributed by atoms with E-state index < -0.39 is 0 Å². The molecule has 0 radical (unpaired) electrons. The standard InChI is InChI=1S/C11H17N3O/c1-2-9(12-7-1)5-6-10-13-11(15-14-10)8-3-4-8/h8-9,12H,1-7H2. The highest BCUT2D eigenvalue weighted by molar-refractivity contribution is 5.01. The second kappa shape index (κ2) is 3.93. The van der Waals surface area contributed by atoms with Crippen LogP contribution in [-0.4, -0.2) is 22.7 Å². The van der Waals surface area contributed by atoms with Crippen molar-refractivity contribution in [3.8, 4) is 0 Å². The number of nitrogens with zero attached hydrogens (tertiary/aromatic N) is 2. The molecule has 1 aromatic heterocycles. The molecule has 1 aromatic rings. The Kier molecular flexibility index (Phi) is 2.44. The van der Waals surface area contributed by atoms with Crippen molar-refractivity contribution in [3.05, 3.63) is 11.7 Å². The van der Waals surface area contributed by atoms with Gasteiger partial charge < -0.3 is 9.84 Å². The molecule has 2 aliphatic rings. The first-order chi connectivity index (χ1) is 7.42. The van der Waals surface area contributed by atoms with Gasteiger partial charge in [-0.15, -0.1) is 0 Å². The van der Waals surface area contributed by atoms with Crippen molar-refractivity contribution in [2.45, 2.75) is 50.5 Å². The molecular weight excluding hydrogens is 190 g/mol. The van der Waals surface area contributed by atoms with Crippen LogP contribution in [0.3, 0.4) is 0 Å². The average Bonchev–Trinajstić information content (AvgIpc) is 2.82. The van der Waals surface area contributed by atoms with Crippen LogP contribution in [0.15, 0.2) is 4.52 Å². The van der Waals surface area contributed by atoms with Crippen LogP contribution in [0.5, 0.6) is 0 Å². The Labute approximate surface area is 89.4 Å². The Hall–Kier alpha value is -0.900. The van der Waals surface area contributed by atoms with E-state index in [-0.39, 0.29) is 0 Å². The molecule has 4 heteroatoms. The number of nitrogens with one attached hydrogen (secondary N) is 1. The van der Waals surface area contributed by atoms with Gasteiger partial charge in [0.2, 0.25) is 5.89 Å². The van der Waals surface area contributed by atoms with Crippen LogP contribution in [0.1, 0.15) is 49.7 Å². The summed E-state index contributed by atoms with van der Waals surface area (Å²) in [4.78, 5) is 4.43. The van der Waals surface area contributed by atoms with E-state index in [9.17, 15) is 0 Å². The van der Waals surface area contributed by atoms with Crippen molar-refractivity contribution in [2.24, 2.45) is 0 Å². The Morgan fingerprint density at radius 3 is 3.00 bits per heavy atom. The molecule has 3 rings (SSSR count). The molecule has 1 unspecified atom stereocenters. The Bertz CT molecular complexity index is 326. The summed E-state index contributed by atoms with van der Waals surface area (Å²) in [5.41, 5.74) is 0. The van der Waals surface area contributed by atoms with E-state index in [0.29, 0.717) is 12.0 Å². The number of aromatic nitrogens is 2. The molecule has 1 N–H and O–H groups in total. The molecule has 2 fully saturated rings. The monoisotopic (exact) mass is 207 g/mol. The van der Waals surface area contributed by atoms with Crippen molar-refractivity contribution in [1.82, 2.24) is 15.5 Å². The molecule has 1 saturated carbocycles. The van der Waals surface area contributed by atoms with Crippen LogP contribution in [-0.2, 0) is 6.42 Å². The highest BCUT2D eigenvalue weighted by atomic mass is 16.5. The maximum atomic E-state index is 5.22. The van der Waals surface area contributed by atoms with E-state index in [4.69, 9.17) is 4.52 Å². The molecule has 82 valence electrons. The van der Waals surface area contributed by atoms with Crippen molar-refractivity contribution < 1.29 is 4.52 Å². The summed E-state index contributed by atoms with van der Waals surface area (Å²) in [6.45, 7) is 1.17. The fourth-order valence-electron chi connectivity index (χ4n) is 2.17. The molecule has 1 atom stereocenters. The highest BCUT2D eigenvalue weighted by Gasteiger charge is 2.29. The second-order valence-electron chi connectivity index (χ2n) is 4.66. The number of hydrogen-bond acceptors (Lipinski definition) is 4. The lowest BCUT2D eigenvalue weighted by molar-refractivity contribution is 0.372. The van der Waals surface area contributed by atoms with Gasteiger partial charge in [-0.1, -0.05) is 5.16 Å². The number of hydrogen-bond donors (Lipinski definition) is 1. The Balaban J connectivity index is 1.52. The molecular formula is C11H17N3O. The molecule has 0 amide bonds. The van der Waals surface area contributed by atoms with E-state index in [0.717, 1.165) is 24.6 Å². The summed E-state index contributed by atoms with van der Waals surface area (Å²) >= 11 is 0. The summed E-state index contributed by atoms with van der Waals surface area (Å²) in [6.07, 6.45) is 7.16. The third-order valence-corrected chi connectivity index (χ3v) is 3.29. The van der Waals surface area contributed by atoms with Gasteiger partial charge in [0, 0.05) is 18.4 Å². The van der Waals surface area contributed by atoms with Gasteiger partial charge in [0.1, 0.15) is 0 Å². The van der Waals surface area contributed by atoms with Crippen LogP contribution in [0.4, 0.5) is 0 Å². The maximum Gasteiger partial charge on any atom is 0.229 e. The number of aryl methyl sites for hydroxylation is 1. The smallest absolute Gasteiger partial charge is 0.229 e. The summed E-state index contributed by atoms with van der Waals surface area (Å²) in [7, 11) is 0. The molecule has 1 aliphatic carbocycles. The lowest BCUT2D eigenvalue weighted by Crippen LogP contribution is -2.21. The first kappa shape index (κ1) is 9.33. The zero-order valence-corrected chi connectivity index (χ0v) is 8.91. The molecule has 2 heterocycles. The fourth-order valence-corrected chi connectivity index (χ4v) is 2.17. The van der Waals surface area contributed by atoms with Gasteiger partial charge in [0.05, 0.1) is 0 Å². The van der Waals surface area contributed by atoms with Crippen LogP contribution in [0.25, 0.3) is 0 Å². The zero-order valence-electron chi connectivity index (χ0n) is 8.91. The predicted molar refractivity (Wildman–Crippen MR) is 55.6 cm³/mol. The summed E-state index contributed by atoms with van der Waals surface area (Å²) in [5, 5.41) is 7.51. The Morgan fingerprint density at radius 1 is 1.33 bits per heavy atom. The maximum absolute atomic E-state index is 5.22. The lowest BCUT2D eigenvalue weighted by Gasteiger charge is -2.06. The molecule has 0 aromatic carbocycles. The first-order valence-corrected chi connectivity index (χ1v) is 5.97. The van der Waals surface area contributed by atoms with Gasteiger partial charge in [-0.3, -0.25) is 0 Å². The van der Waals surface area contributed by atoms with Gasteiger partial charge in [-0.05, 0) is 38.6 Å². The van der Waals surface area contributed by atoms with E-state index in [1.165, 1.54) is 32.2 Å². The van der Waals surface area contributed by atoms with Gasteiger partial charge >= 0.3 is 0 Å². The minimum Gasteiger partial charge on any atom is -0.339 e. The van der Waals surface area contributed by atoms with Crippen molar-refractivity contribution in [3.63, 3.8) is 0 Å². The zero-order chi connectivity index (χ0) is 10.1. The molecule has 1 aliphatic heterocycles. The Morgan fingerprint density at radius 2 is 2.27 bits per heavy atom. The lowest BCUT2D eigenvalue weighted by atomic mass is 10.1. The average molecular weight is 207 g/mol. The largest absolute Gasteiger partial charge is 0.339 e. The van der Waals surface area contributed by atoms with Crippen molar-refractivity contribution >= 4 is 0 Å². The minimum atomic E-state index is 0.579. The second-order valence-corrected chi connectivity index (χ2v) is 4.66. The third kappa shape index (κ3) is 2.20. The summed E-state index contributed by atoms with van der Waals surface area (Å²) in [6, 6.07) is 0.674. The normalized spacial score (nSPS) is 26.0. The van der Waals surface area contributed by atoms with Gasteiger partial charge in [-0.25, -0.2) is 0 Å². The van der Waals surface area contributed by atoms with Gasteiger partial charge in [0.15, 0.2) is 5.82 Å². The van der Waals surface area contributed by atoms with Crippen LogP contribution in [0.2, 0.25) is 0 Å². The van der Waals surface area contributed by atoms with Gasteiger partial charge in [0.25, 0.3) is 0 Å². The van der Waals surface area contributed by atoms with E-state index >= 15 is 0 Å². The molecule has 1 saturated heterocycles. The van der Waals surface area contributed by atoms with Crippen LogP contribution in [0, 0.1) is 0 Å². The summed E-state index contributed by atoms with van der Waals surface area (Å²) in [5.74, 6) is 2.34. The van der Waals surface area contributed by atoms with E-state index in [2.05, 4.69) is 15.5 Å². The first-order valence-electron chi connectivity index (χ1n) is 5.97. The van der Waals surface area contributed by atoms with E-state index in [1.54, 1.807) is 0 Å². The van der Waals surface area contributed by atoms with E-state index in [1.807, 2.05) is 0 Å². The predicted octanol–water partition coefficient (Wildman–Crippen LogP) is 1.63. The quantitative estimate of drug-likeness (QED) is 0.815. The summed E-state index contributed by atoms with van der Waals surface area (Å²) < 4.78 is 5.22. The third-order valence-electron chi connectivity index (χ3n) is 3.29. The fraction of sp³-hybridized carbons (Fsp3) is 0.818. The van der Waals surface area contributed by atoms with Crippen LogP contribution >= 0.6 is 0 Å². The topological polar surface area (TPSA) is 51.0 Å². The van der Waals surface area contributed by atoms with Crippen LogP contribution < -0.4 is 5.32 Å².